The highest BCUT2D eigenvalue weighted by Gasteiger charge is 2.18. The Balaban J connectivity index is 1.39. The van der Waals surface area contributed by atoms with Crippen molar-refractivity contribution in [2.24, 2.45) is 0 Å². The molecule has 0 spiro atoms. The van der Waals surface area contributed by atoms with Gasteiger partial charge in [0.25, 0.3) is 5.91 Å². The van der Waals surface area contributed by atoms with E-state index in [4.69, 9.17) is 10.00 Å². The van der Waals surface area contributed by atoms with E-state index in [1.807, 2.05) is 12.1 Å². The number of benzene rings is 2. The van der Waals surface area contributed by atoms with E-state index >= 15 is 0 Å². The lowest BCUT2D eigenvalue weighted by Crippen LogP contribution is -2.32. The Labute approximate surface area is 165 Å². The minimum Gasteiger partial charge on any atom is -0.504 e. The molecule has 1 heterocycles. The summed E-state index contributed by atoms with van der Waals surface area (Å²) in [5.74, 6) is 0.611. The highest BCUT2D eigenvalue weighted by Crippen LogP contribution is 2.32. The number of phenols is 1. The van der Waals surface area contributed by atoms with Gasteiger partial charge >= 0.3 is 0 Å². The molecule has 0 bridgehead atoms. The summed E-state index contributed by atoms with van der Waals surface area (Å²) in [6.07, 6.45) is 2.84. The lowest BCUT2D eigenvalue weighted by atomic mass is 9.98. The first-order valence-corrected chi connectivity index (χ1v) is 9.50. The van der Waals surface area contributed by atoms with Crippen molar-refractivity contribution in [2.45, 2.75) is 25.8 Å². The first kappa shape index (κ1) is 19.7. The molecular formula is C22H25N3O3. The zero-order chi connectivity index (χ0) is 19.9. The molecule has 1 aliphatic heterocycles. The average molecular weight is 379 g/mol. The summed E-state index contributed by atoms with van der Waals surface area (Å²) in [7, 11) is 1.57. The molecule has 6 heteroatoms. The first-order chi connectivity index (χ1) is 13.6. The highest BCUT2D eigenvalue weighted by atomic mass is 16.5. The van der Waals surface area contributed by atoms with E-state index in [2.05, 4.69) is 10.2 Å². The fourth-order valence-electron chi connectivity index (χ4n) is 3.45. The lowest BCUT2D eigenvalue weighted by molar-refractivity contribution is 0.0952. The standard InChI is InChI=1S/C22H25N3O3/c1-28-21-13-18-8-11-25(15-19(18)12-20(21)26)10-3-2-9-24-22(27)17-6-4-16(14-23)5-7-17/h4-7,12-13,26H,2-3,8-11,15H2,1H3,(H,24,27). The van der Waals surface area contributed by atoms with Crippen molar-refractivity contribution in [1.29, 1.82) is 5.26 Å². The molecule has 0 saturated heterocycles. The van der Waals surface area contributed by atoms with Crippen LogP contribution in [0.1, 0.15) is 39.9 Å². The SMILES string of the molecule is COc1cc2c(cc1O)CN(CCCCNC(=O)c1ccc(C#N)cc1)CC2. The van der Waals surface area contributed by atoms with Crippen LogP contribution in [-0.4, -0.2) is 42.7 Å². The van der Waals surface area contributed by atoms with Crippen LogP contribution >= 0.6 is 0 Å². The van der Waals surface area contributed by atoms with Gasteiger partial charge in [0.1, 0.15) is 0 Å². The number of unbranched alkanes of at least 4 members (excludes halogenated alkanes) is 1. The van der Waals surface area contributed by atoms with E-state index in [1.165, 1.54) is 5.56 Å². The third-order valence-electron chi connectivity index (χ3n) is 5.06. The second-order valence-electron chi connectivity index (χ2n) is 6.97. The molecule has 3 rings (SSSR count). The molecule has 1 aliphatic rings. The summed E-state index contributed by atoms with van der Waals surface area (Å²) in [6, 6.07) is 12.4. The van der Waals surface area contributed by atoms with Crippen LogP contribution in [0.2, 0.25) is 0 Å². The summed E-state index contributed by atoms with van der Waals surface area (Å²) in [4.78, 5) is 14.5. The molecule has 2 N–H and O–H groups in total. The van der Waals surface area contributed by atoms with Crippen molar-refractivity contribution in [2.75, 3.05) is 26.7 Å². The summed E-state index contributed by atoms with van der Waals surface area (Å²) in [5, 5.41) is 21.7. The van der Waals surface area contributed by atoms with Crippen LogP contribution in [0.15, 0.2) is 36.4 Å². The Morgan fingerprint density at radius 3 is 2.75 bits per heavy atom. The maximum Gasteiger partial charge on any atom is 0.251 e. The number of hydrogen-bond acceptors (Lipinski definition) is 5. The van der Waals surface area contributed by atoms with E-state index in [0.29, 0.717) is 23.4 Å². The van der Waals surface area contributed by atoms with Gasteiger partial charge in [0.15, 0.2) is 11.5 Å². The zero-order valence-electron chi connectivity index (χ0n) is 16.1. The quantitative estimate of drug-likeness (QED) is 0.723. The smallest absolute Gasteiger partial charge is 0.251 e. The van der Waals surface area contributed by atoms with E-state index in [-0.39, 0.29) is 11.7 Å². The Morgan fingerprint density at radius 1 is 1.25 bits per heavy atom. The largest absolute Gasteiger partial charge is 0.504 e. The topological polar surface area (TPSA) is 85.6 Å². The number of methoxy groups -OCH3 is 1. The molecule has 0 aromatic heterocycles. The highest BCUT2D eigenvalue weighted by molar-refractivity contribution is 5.94. The van der Waals surface area contributed by atoms with Gasteiger partial charge in [0, 0.05) is 25.2 Å². The maximum absolute atomic E-state index is 12.1. The molecule has 0 unspecified atom stereocenters. The number of amides is 1. The second kappa shape index (κ2) is 9.25. The van der Waals surface area contributed by atoms with Crippen molar-refractivity contribution in [3.8, 4) is 17.6 Å². The van der Waals surface area contributed by atoms with Crippen molar-refractivity contribution in [1.82, 2.24) is 10.2 Å². The minimum atomic E-state index is -0.110. The summed E-state index contributed by atoms with van der Waals surface area (Å²) >= 11 is 0. The van der Waals surface area contributed by atoms with Crippen LogP contribution in [0.3, 0.4) is 0 Å². The minimum absolute atomic E-state index is 0.110. The molecule has 2 aromatic carbocycles. The Hall–Kier alpha value is -3.04. The molecule has 0 atom stereocenters. The van der Waals surface area contributed by atoms with Gasteiger partial charge in [-0.25, -0.2) is 0 Å². The third-order valence-corrected chi connectivity index (χ3v) is 5.06. The number of hydrogen-bond donors (Lipinski definition) is 2. The first-order valence-electron chi connectivity index (χ1n) is 9.50. The number of nitrogens with one attached hydrogen (secondary N) is 1. The van der Waals surface area contributed by atoms with Gasteiger partial charge in [-0.05, 0) is 73.3 Å². The fourth-order valence-corrected chi connectivity index (χ4v) is 3.45. The molecule has 0 fully saturated rings. The monoisotopic (exact) mass is 379 g/mol. The van der Waals surface area contributed by atoms with Crippen LogP contribution in [0.4, 0.5) is 0 Å². The Morgan fingerprint density at radius 2 is 2.04 bits per heavy atom. The maximum atomic E-state index is 12.1. The van der Waals surface area contributed by atoms with E-state index < -0.39 is 0 Å². The molecule has 6 nitrogen and oxygen atoms in total. The van der Waals surface area contributed by atoms with Gasteiger partial charge in [0.05, 0.1) is 18.7 Å². The summed E-state index contributed by atoms with van der Waals surface area (Å²) < 4.78 is 5.18. The molecule has 2 aromatic rings. The molecule has 0 aliphatic carbocycles. The number of nitriles is 1. The number of fused-ring (bicyclic) bond motifs is 1. The van der Waals surface area contributed by atoms with Crippen LogP contribution in [0.25, 0.3) is 0 Å². The number of carbonyl (C=O) groups excluding carboxylic acids is 1. The van der Waals surface area contributed by atoms with Crippen LogP contribution < -0.4 is 10.1 Å². The van der Waals surface area contributed by atoms with Crippen molar-refractivity contribution in [3.05, 3.63) is 58.7 Å². The number of carbonyl (C=O) groups is 1. The van der Waals surface area contributed by atoms with Crippen LogP contribution in [0, 0.1) is 11.3 Å². The summed E-state index contributed by atoms with van der Waals surface area (Å²) in [6.45, 7) is 3.39. The third kappa shape index (κ3) is 4.81. The van der Waals surface area contributed by atoms with Gasteiger partial charge in [-0.2, -0.15) is 5.26 Å². The Kier molecular flexibility index (Phi) is 6.51. The molecule has 1 amide bonds. The van der Waals surface area contributed by atoms with Gasteiger partial charge in [-0.3, -0.25) is 9.69 Å². The van der Waals surface area contributed by atoms with Crippen molar-refractivity contribution in [3.63, 3.8) is 0 Å². The van der Waals surface area contributed by atoms with Crippen LogP contribution in [0.5, 0.6) is 11.5 Å². The van der Waals surface area contributed by atoms with Gasteiger partial charge in [-0.15, -0.1) is 0 Å². The Bertz CT molecular complexity index is 872. The predicted molar refractivity (Wildman–Crippen MR) is 106 cm³/mol. The van der Waals surface area contributed by atoms with E-state index in [0.717, 1.165) is 44.5 Å². The van der Waals surface area contributed by atoms with Gasteiger partial charge in [0.2, 0.25) is 0 Å². The number of rotatable bonds is 7. The number of aromatic hydroxyl groups is 1. The molecular weight excluding hydrogens is 354 g/mol. The second-order valence-corrected chi connectivity index (χ2v) is 6.97. The van der Waals surface area contributed by atoms with Crippen molar-refractivity contribution < 1.29 is 14.6 Å². The molecule has 0 radical (unpaired) electrons. The molecule has 146 valence electrons. The normalized spacial score (nSPS) is 13.4. The number of nitrogens with zero attached hydrogens (tertiary/aromatic N) is 2. The molecule has 0 saturated carbocycles. The molecule has 28 heavy (non-hydrogen) atoms. The van der Waals surface area contributed by atoms with Gasteiger partial charge in [-0.1, -0.05) is 0 Å². The average Bonchev–Trinajstić information content (AvgIpc) is 2.72. The number of phenolic OH excluding ortho intramolecular Hbond substituents is 1. The van der Waals surface area contributed by atoms with Crippen molar-refractivity contribution >= 4 is 5.91 Å². The zero-order valence-corrected chi connectivity index (χ0v) is 16.1. The fraction of sp³-hybridized carbons (Fsp3) is 0.364. The van der Waals surface area contributed by atoms with E-state index in [1.54, 1.807) is 37.4 Å². The van der Waals surface area contributed by atoms with Gasteiger partial charge < -0.3 is 15.2 Å². The van der Waals surface area contributed by atoms with Crippen LogP contribution in [-0.2, 0) is 13.0 Å². The number of ether oxygens (including phenoxy) is 1. The lowest BCUT2D eigenvalue weighted by Gasteiger charge is -2.29. The summed E-state index contributed by atoms with van der Waals surface area (Å²) in [5.41, 5.74) is 3.51. The van der Waals surface area contributed by atoms with E-state index in [9.17, 15) is 9.90 Å². The predicted octanol–water partition coefficient (Wildman–Crippen LogP) is 2.84.